The van der Waals surface area contributed by atoms with Crippen LogP contribution in [-0.4, -0.2) is 4.98 Å². The molecule has 1 aromatic heterocycles. The minimum atomic E-state index is -0.331. The molecule has 102 valence electrons. The molecular weight excluding hydrogens is 317 g/mol. The number of hydrogen-bond acceptors (Lipinski definition) is 4. The zero-order chi connectivity index (χ0) is 14.5. The van der Waals surface area contributed by atoms with Crippen LogP contribution in [0.15, 0.2) is 35.4 Å². The normalized spacial score (nSPS) is 10.1. The van der Waals surface area contributed by atoms with Gasteiger partial charge in [-0.2, -0.15) is 5.26 Å². The van der Waals surface area contributed by atoms with E-state index in [0.717, 1.165) is 5.56 Å². The summed E-state index contributed by atoms with van der Waals surface area (Å²) >= 11 is 13.1. The Kier molecular flexibility index (Phi) is 4.96. The summed E-state index contributed by atoms with van der Waals surface area (Å²) in [5.41, 5.74) is 1.01. The first kappa shape index (κ1) is 14.8. The minimum Gasteiger partial charge on any atom is -0.364 e. The molecule has 0 saturated heterocycles. The molecule has 20 heavy (non-hydrogen) atoms. The summed E-state index contributed by atoms with van der Waals surface area (Å²) < 4.78 is 2.91. The maximum atomic E-state index is 11.8. The van der Waals surface area contributed by atoms with Crippen molar-refractivity contribution in [3.05, 3.63) is 62.0 Å². The van der Waals surface area contributed by atoms with Gasteiger partial charge in [0.15, 0.2) is 0 Å². The standard InChI is InChI=1S/C13H9Cl2N3OS/c14-10-1-8(2-11(15)3-10)7-20-18-12-6-17-5-9(4-16)13(12)19/h1-3,5-6,18H,7H2,(H,17,19). The van der Waals surface area contributed by atoms with Gasteiger partial charge in [0.05, 0.1) is 0 Å². The lowest BCUT2D eigenvalue weighted by molar-refractivity contribution is 1.28. The molecule has 1 aromatic carbocycles. The van der Waals surface area contributed by atoms with Crippen molar-refractivity contribution in [1.29, 1.82) is 5.26 Å². The lowest BCUT2D eigenvalue weighted by Gasteiger charge is -2.06. The fourth-order valence-electron chi connectivity index (χ4n) is 1.53. The van der Waals surface area contributed by atoms with E-state index in [1.54, 1.807) is 18.2 Å². The fourth-order valence-corrected chi connectivity index (χ4v) is 2.82. The molecule has 4 nitrogen and oxygen atoms in total. The molecule has 0 atom stereocenters. The monoisotopic (exact) mass is 325 g/mol. The van der Waals surface area contributed by atoms with Gasteiger partial charge in [0.1, 0.15) is 17.3 Å². The zero-order valence-corrected chi connectivity index (χ0v) is 12.4. The van der Waals surface area contributed by atoms with Crippen LogP contribution in [0.5, 0.6) is 0 Å². The number of nitrogens with one attached hydrogen (secondary N) is 2. The Morgan fingerprint density at radius 2 is 1.95 bits per heavy atom. The van der Waals surface area contributed by atoms with E-state index in [9.17, 15) is 4.79 Å². The fraction of sp³-hybridized carbons (Fsp3) is 0.0769. The number of nitriles is 1. The van der Waals surface area contributed by atoms with Gasteiger partial charge in [-0.15, -0.1) is 0 Å². The summed E-state index contributed by atoms with van der Waals surface area (Å²) in [6.07, 6.45) is 2.88. The molecule has 0 fully saturated rings. The van der Waals surface area contributed by atoms with Crippen molar-refractivity contribution in [2.75, 3.05) is 4.72 Å². The highest BCUT2D eigenvalue weighted by atomic mass is 35.5. The van der Waals surface area contributed by atoms with E-state index >= 15 is 0 Å². The Morgan fingerprint density at radius 1 is 1.25 bits per heavy atom. The number of pyridine rings is 1. The SMILES string of the molecule is N#Cc1c[nH]cc(NSCc2cc(Cl)cc(Cl)c2)c1=O. The molecule has 0 spiro atoms. The molecule has 2 rings (SSSR count). The summed E-state index contributed by atoms with van der Waals surface area (Å²) in [5, 5.41) is 9.91. The molecule has 0 saturated carbocycles. The van der Waals surface area contributed by atoms with Crippen LogP contribution < -0.4 is 10.2 Å². The number of nitrogens with zero attached hydrogens (tertiary/aromatic N) is 1. The zero-order valence-electron chi connectivity index (χ0n) is 10.1. The van der Waals surface area contributed by atoms with E-state index < -0.39 is 0 Å². The summed E-state index contributed by atoms with van der Waals surface area (Å²) in [6.45, 7) is 0. The predicted molar refractivity (Wildman–Crippen MR) is 83.2 cm³/mol. The Labute approximate surface area is 129 Å². The number of hydrogen-bond donors (Lipinski definition) is 2. The van der Waals surface area contributed by atoms with Gasteiger partial charge in [0.2, 0.25) is 5.43 Å². The van der Waals surface area contributed by atoms with Crippen molar-refractivity contribution in [1.82, 2.24) is 4.98 Å². The second-order valence-corrected chi connectivity index (χ2v) is 5.55. The Hall–Kier alpha value is -1.61. The number of H-pyrrole nitrogens is 1. The van der Waals surface area contributed by atoms with Crippen LogP contribution >= 0.6 is 35.1 Å². The van der Waals surface area contributed by atoms with E-state index in [1.807, 2.05) is 6.07 Å². The Bertz CT molecular complexity index is 704. The maximum absolute atomic E-state index is 11.8. The van der Waals surface area contributed by atoms with Crippen LogP contribution in [0.2, 0.25) is 10.0 Å². The van der Waals surface area contributed by atoms with Crippen LogP contribution in [0.25, 0.3) is 0 Å². The quantitative estimate of drug-likeness (QED) is 0.838. The highest BCUT2D eigenvalue weighted by Gasteiger charge is 2.05. The van der Waals surface area contributed by atoms with E-state index in [0.29, 0.717) is 21.5 Å². The number of halogens is 2. The van der Waals surface area contributed by atoms with Crippen LogP contribution in [-0.2, 0) is 5.75 Å². The smallest absolute Gasteiger partial charge is 0.223 e. The largest absolute Gasteiger partial charge is 0.364 e. The summed E-state index contributed by atoms with van der Waals surface area (Å²) in [7, 11) is 0. The number of anilines is 1. The second kappa shape index (κ2) is 6.71. The maximum Gasteiger partial charge on any atom is 0.223 e. The first-order chi connectivity index (χ1) is 9.60. The highest BCUT2D eigenvalue weighted by molar-refractivity contribution is 7.99. The van der Waals surface area contributed by atoms with Gasteiger partial charge in [-0.05, 0) is 35.7 Å². The van der Waals surface area contributed by atoms with E-state index in [4.69, 9.17) is 28.5 Å². The average molecular weight is 326 g/mol. The molecule has 0 radical (unpaired) electrons. The number of aromatic amines is 1. The Morgan fingerprint density at radius 3 is 2.60 bits per heavy atom. The molecule has 0 aliphatic rings. The van der Waals surface area contributed by atoms with Crippen molar-refractivity contribution in [2.45, 2.75) is 5.75 Å². The molecule has 0 amide bonds. The summed E-state index contributed by atoms with van der Waals surface area (Å²) in [4.78, 5) is 14.5. The number of rotatable bonds is 4. The number of benzene rings is 1. The van der Waals surface area contributed by atoms with Gasteiger partial charge >= 0.3 is 0 Å². The van der Waals surface area contributed by atoms with Gasteiger partial charge < -0.3 is 9.71 Å². The van der Waals surface area contributed by atoms with Gasteiger partial charge in [0, 0.05) is 28.2 Å². The third-order valence-electron chi connectivity index (χ3n) is 2.41. The summed E-state index contributed by atoms with van der Waals surface area (Å²) in [6, 6.07) is 7.10. The van der Waals surface area contributed by atoms with Crippen LogP contribution in [0.1, 0.15) is 11.1 Å². The van der Waals surface area contributed by atoms with Crippen LogP contribution in [0.4, 0.5) is 5.69 Å². The lowest BCUT2D eigenvalue weighted by atomic mass is 10.2. The molecule has 0 aliphatic carbocycles. The topological polar surface area (TPSA) is 68.7 Å². The lowest BCUT2D eigenvalue weighted by Crippen LogP contribution is -2.10. The molecule has 0 unspecified atom stereocenters. The average Bonchev–Trinajstić information content (AvgIpc) is 2.39. The van der Waals surface area contributed by atoms with Crippen molar-refractivity contribution in [3.8, 4) is 6.07 Å². The van der Waals surface area contributed by atoms with Crippen molar-refractivity contribution in [2.24, 2.45) is 0 Å². The van der Waals surface area contributed by atoms with Gasteiger partial charge in [-0.1, -0.05) is 23.2 Å². The van der Waals surface area contributed by atoms with Gasteiger partial charge in [0.25, 0.3) is 0 Å². The number of aromatic nitrogens is 1. The molecule has 2 N–H and O–H groups in total. The first-order valence-electron chi connectivity index (χ1n) is 5.54. The van der Waals surface area contributed by atoms with Gasteiger partial charge in [-0.3, -0.25) is 4.79 Å². The third-order valence-corrected chi connectivity index (χ3v) is 3.69. The molecular formula is C13H9Cl2N3OS. The molecule has 1 heterocycles. The molecule has 0 aliphatic heterocycles. The third kappa shape index (κ3) is 3.70. The predicted octanol–water partition coefficient (Wildman–Crippen LogP) is 3.81. The first-order valence-corrected chi connectivity index (χ1v) is 7.28. The van der Waals surface area contributed by atoms with E-state index in [1.165, 1.54) is 24.3 Å². The summed E-state index contributed by atoms with van der Waals surface area (Å²) in [5.74, 6) is 0.580. The van der Waals surface area contributed by atoms with Crippen LogP contribution in [0.3, 0.4) is 0 Å². The van der Waals surface area contributed by atoms with E-state index in [2.05, 4.69) is 9.71 Å². The molecule has 2 aromatic rings. The Balaban J connectivity index is 2.03. The van der Waals surface area contributed by atoms with E-state index in [-0.39, 0.29) is 11.0 Å². The van der Waals surface area contributed by atoms with Crippen molar-refractivity contribution >= 4 is 40.8 Å². The molecule has 0 bridgehead atoms. The minimum absolute atomic E-state index is 0.0707. The molecule has 7 heteroatoms. The highest BCUT2D eigenvalue weighted by Crippen LogP contribution is 2.22. The van der Waals surface area contributed by atoms with Crippen LogP contribution in [0, 0.1) is 11.3 Å². The second-order valence-electron chi connectivity index (χ2n) is 3.89. The van der Waals surface area contributed by atoms with Crippen molar-refractivity contribution < 1.29 is 0 Å². The van der Waals surface area contributed by atoms with Crippen molar-refractivity contribution in [3.63, 3.8) is 0 Å². The van der Waals surface area contributed by atoms with Gasteiger partial charge in [-0.25, -0.2) is 0 Å².